The van der Waals surface area contributed by atoms with Crippen LogP contribution in [0.15, 0.2) is 90.5 Å². The highest BCUT2D eigenvalue weighted by Gasteiger charge is 2.44. The molecule has 64 heavy (non-hydrogen) atoms. The van der Waals surface area contributed by atoms with E-state index in [-0.39, 0.29) is 23.5 Å². The number of unbranched alkanes of at least 4 members (excludes halogenated alkanes) is 1. The third kappa shape index (κ3) is 13.8. The summed E-state index contributed by atoms with van der Waals surface area (Å²) in [5.41, 5.74) is 4.00. The van der Waals surface area contributed by atoms with E-state index in [0.29, 0.717) is 62.7 Å². The van der Waals surface area contributed by atoms with Gasteiger partial charge in [-0.15, -0.1) is 0 Å². The lowest BCUT2D eigenvalue weighted by Gasteiger charge is -2.29. The number of aromatic amines is 1. The van der Waals surface area contributed by atoms with E-state index in [9.17, 15) is 13.6 Å². The van der Waals surface area contributed by atoms with Gasteiger partial charge in [0.2, 0.25) is 11.7 Å². The summed E-state index contributed by atoms with van der Waals surface area (Å²) in [6.07, 6.45) is 8.18. The number of aryl methyl sites for hydroxylation is 2. The monoisotopic (exact) mass is 941 g/mol. The van der Waals surface area contributed by atoms with Crippen LogP contribution in [0.1, 0.15) is 74.2 Å². The molecular weight excluding hydrogens is 891 g/mol. The zero-order chi connectivity index (χ0) is 46.4. The van der Waals surface area contributed by atoms with Crippen molar-refractivity contribution in [2.75, 3.05) is 30.9 Å². The van der Waals surface area contributed by atoms with Gasteiger partial charge in [0, 0.05) is 35.9 Å². The van der Waals surface area contributed by atoms with Gasteiger partial charge in [0.15, 0.2) is 0 Å². The molecule has 342 valence electrons. The van der Waals surface area contributed by atoms with Crippen molar-refractivity contribution in [2.45, 2.75) is 91.4 Å². The van der Waals surface area contributed by atoms with Gasteiger partial charge in [-0.25, -0.2) is 24.6 Å². The number of ether oxygens (including phenoxy) is 4. The first-order valence-corrected chi connectivity index (χ1v) is 21.7. The topological polar surface area (TPSA) is 154 Å². The normalized spacial score (nSPS) is 16.0. The van der Waals surface area contributed by atoms with Gasteiger partial charge in [-0.2, -0.15) is 13.9 Å². The molecule has 1 fully saturated rings. The van der Waals surface area contributed by atoms with Gasteiger partial charge in [-0.05, 0) is 100 Å². The Kier molecular flexibility index (Phi) is 18.2. The maximum absolute atomic E-state index is 12.2. The molecule has 1 saturated heterocycles. The van der Waals surface area contributed by atoms with Crippen molar-refractivity contribution in [1.82, 2.24) is 34.7 Å². The van der Waals surface area contributed by atoms with Crippen molar-refractivity contribution in [2.24, 2.45) is 0 Å². The first kappa shape index (κ1) is 49.6. The smallest absolute Gasteiger partial charge is 0.387 e. The Morgan fingerprint density at radius 1 is 0.969 bits per heavy atom. The molecule has 0 aliphatic carbocycles. The summed E-state index contributed by atoms with van der Waals surface area (Å²) >= 11 is 18.6. The predicted octanol–water partition coefficient (Wildman–Crippen LogP) is 10.8. The quantitative estimate of drug-likeness (QED) is 0.101. The molecule has 0 amide bonds. The largest absolute Gasteiger partial charge is 0.457 e. The molecule has 1 aliphatic rings. The molecule has 0 radical (unpaired) electrons. The highest BCUT2D eigenvalue weighted by atomic mass is 35.5. The molecule has 14 nitrogen and oxygen atoms in total. The lowest BCUT2D eigenvalue weighted by molar-refractivity contribution is -0.186. The molecular formula is C45H52Cl3F2N9O5. The molecule has 3 aromatic carbocycles. The van der Waals surface area contributed by atoms with Crippen LogP contribution in [0.2, 0.25) is 15.1 Å². The summed E-state index contributed by atoms with van der Waals surface area (Å²) < 4.78 is 48.3. The number of hydrogen-bond acceptors (Lipinski definition) is 12. The number of benzene rings is 3. The molecule has 4 heterocycles. The van der Waals surface area contributed by atoms with E-state index in [1.54, 1.807) is 65.3 Å². The molecule has 3 aromatic heterocycles. The summed E-state index contributed by atoms with van der Waals surface area (Å²) in [6.45, 7) is 7.75. The standard InChI is InChI=1S/C19H17Cl2N3O3.C15H16ClF2N3O.C11H19N3O/c1-13-9-25-19(27-13,10-24-12-22-11-23-24)17-7-6-16(8-18(17)21)26-15-4-2-14(20)3-5-15;1-3-12(21-14-13(16)9(2)19-8-20-14)10-4-6-11(7-5-10)22-15(17)18;1-5-6-7-9-8(2)12-11(14(3)4)13-10(9)15/h2-8,11-13H,9-10H2,1H3;4-8,12,15H,3H2,1-2H3,(H,19,20,21);5-7H2,1-4H3,(H,12,13,15). The molecule has 2 N–H and O–H groups in total. The van der Waals surface area contributed by atoms with Gasteiger partial charge in [0.1, 0.15) is 53.6 Å². The van der Waals surface area contributed by atoms with Crippen LogP contribution in [0.3, 0.4) is 0 Å². The second-order valence-corrected chi connectivity index (χ2v) is 16.1. The number of aromatic nitrogens is 7. The number of rotatable bonds is 15. The van der Waals surface area contributed by atoms with E-state index < -0.39 is 12.4 Å². The molecule has 19 heteroatoms. The number of anilines is 2. The van der Waals surface area contributed by atoms with Gasteiger partial charge in [-0.1, -0.05) is 67.2 Å². The van der Waals surface area contributed by atoms with Gasteiger partial charge in [0.05, 0.1) is 29.5 Å². The number of H-pyrrole nitrogens is 1. The number of hydrogen-bond donors (Lipinski definition) is 2. The average Bonchev–Trinajstić information content (AvgIpc) is 3.92. The van der Waals surface area contributed by atoms with Crippen LogP contribution >= 0.6 is 34.8 Å². The van der Waals surface area contributed by atoms with Crippen molar-refractivity contribution in [3.63, 3.8) is 0 Å². The lowest BCUT2D eigenvalue weighted by atomic mass is 10.0. The fraction of sp³-hybridized carbons (Fsp3) is 0.378. The molecule has 7 rings (SSSR count). The Hall–Kier alpha value is -5.39. The fourth-order valence-electron chi connectivity index (χ4n) is 6.47. The van der Waals surface area contributed by atoms with E-state index in [2.05, 4.69) is 47.0 Å². The fourth-order valence-corrected chi connectivity index (χ4v) is 7.06. The van der Waals surface area contributed by atoms with Crippen LogP contribution in [0.5, 0.6) is 17.2 Å². The zero-order valence-corrected chi connectivity index (χ0v) is 38.9. The van der Waals surface area contributed by atoms with Gasteiger partial charge >= 0.3 is 6.61 Å². The number of nitrogens with zero attached hydrogens (tertiary/aromatic N) is 7. The van der Waals surface area contributed by atoms with E-state index >= 15 is 0 Å². The van der Waals surface area contributed by atoms with Crippen LogP contribution < -0.4 is 25.2 Å². The minimum absolute atomic E-state index is 0.000324. The van der Waals surface area contributed by atoms with Crippen molar-refractivity contribution in [3.05, 3.63) is 139 Å². The number of alkyl halides is 2. The van der Waals surface area contributed by atoms with Crippen LogP contribution in [-0.4, -0.2) is 68.1 Å². The summed E-state index contributed by atoms with van der Waals surface area (Å²) in [7, 11) is 3.73. The van der Waals surface area contributed by atoms with Crippen LogP contribution in [-0.2, 0) is 28.2 Å². The Labute approximate surface area is 386 Å². The van der Waals surface area contributed by atoms with Crippen LogP contribution in [0.25, 0.3) is 0 Å². The molecule has 3 unspecified atom stereocenters. The third-order valence-electron chi connectivity index (χ3n) is 9.78. The van der Waals surface area contributed by atoms with E-state index in [4.69, 9.17) is 49.0 Å². The zero-order valence-electron chi connectivity index (χ0n) is 36.6. The Bertz CT molecular complexity index is 2450. The lowest BCUT2D eigenvalue weighted by Crippen LogP contribution is -2.34. The van der Waals surface area contributed by atoms with Crippen molar-refractivity contribution >= 4 is 46.6 Å². The highest BCUT2D eigenvalue weighted by molar-refractivity contribution is 6.33. The highest BCUT2D eigenvalue weighted by Crippen LogP contribution is 2.41. The average molecular weight is 943 g/mol. The Balaban J connectivity index is 0.000000189. The molecule has 0 bridgehead atoms. The molecule has 1 aliphatic heterocycles. The minimum Gasteiger partial charge on any atom is -0.457 e. The minimum atomic E-state index is -2.83. The van der Waals surface area contributed by atoms with E-state index in [1.165, 1.54) is 24.8 Å². The SMILES string of the molecule is CC1COC(Cn2cncn2)(c2ccc(Oc3ccc(Cl)cc3)cc2Cl)O1.CCC(Nc1ncnc(C)c1Cl)c1ccc(OC(F)F)cc1.CCCCc1c(C)nc(N(C)C)[nH]c1=O. The number of nitrogens with one attached hydrogen (secondary N) is 2. The van der Waals surface area contributed by atoms with Crippen molar-refractivity contribution < 1.29 is 27.7 Å². The van der Waals surface area contributed by atoms with Crippen molar-refractivity contribution in [1.29, 1.82) is 0 Å². The van der Waals surface area contributed by atoms with Crippen LogP contribution in [0.4, 0.5) is 20.5 Å². The molecule has 6 aromatic rings. The summed E-state index contributed by atoms with van der Waals surface area (Å²) in [4.78, 5) is 32.8. The van der Waals surface area contributed by atoms with Gasteiger partial charge in [0.25, 0.3) is 5.56 Å². The third-order valence-corrected chi connectivity index (χ3v) is 10.8. The molecule has 0 saturated carbocycles. The summed E-state index contributed by atoms with van der Waals surface area (Å²) in [5.74, 6) is 1.55. The van der Waals surface area contributed by atoms with Gasteiger partial charge < -0.3 is 29.2 Å². The second kappa shape index (κ2) is 23.5. The van der Waals surface area contributed by atoms with Gasteiger partial charge in [-0.3, -0.25) is 9.78 Å². The first-order valence-electron chi connectivity index (χ1n) is 20.5. The van der Waals surface area contributed by atoms with Crippen molar-refractivity contribution in [3.8, 4) is 17.2 Å². The predicted molar refractivity (Wildman–Crippen MR) is 245 cm³/mol. The molecule has 3 atom stereocenters. The van der Waals surface area contributed by atoms with E-state index in [0.717, 1.165) is 42.5 Å². The number of halogens is 5. The van der Waals surface area contributed by atoms with Crippen LogP contribution in [0, 0.1) is 13.8 Å². The maximum Gasteiger partial charge on any atom is 0.387 e. The Morgan fingerprint density at radius 2 is 1.67 bits per heavy atom. The summed E-state index contributed by atoms with van der Waals surface area (Å²) in [5, 5.41) is 9.00. The second-order valence-electron chi connectivity index (χ2n) is 14.9. The van der Waals surface area contributed by atoms with E-state index in [1.807, 2.05) is 47.0 Å². The Morgan fingerprint density at radius 3 is 2.25 bits per heavy atom. The molecule has 0 spiro atoms. The summed E-state index contributed by atoms with van der Waals surface area (Å²) in [6, 6.07) is 19.0. The first-order chi connectivity index (χ1) is 30.6. The maximum atomic E-state index is 12.2.